The van der Waals surface area contributed by atoms with E-state index in [4.69, 9.17) is 10.5 Å². The van der Waals surface area contributed by atoms with E-state index in [2.05, 4.69) is 13.8 Å². The molecule has 2 rings (SSSR count). The summed E-state index contributed by atoms with van der Waals surface area (Å²) in [5.74, 6) is 1.40. The van der Waals surface area contributed by atoms with Gasteiger partial charge in [0, 0.05) is 13.0 Å². The summed E-state index contributed by atoms with van der Waals surface area (Å²) >= 11 is 0. The number of hydrogen-bond donors (Lipinski definition) is 1. The van der Waals surface area contributed by atoms with E-state index < -0.39 is 0 Å². The van der Waals surface area contributed by atoms with Crippen LogP contribution in [0.15, 0.2) is 24.3 Å². The summed E-state index contributed by atoms with van der Waals surface area (Å²) < 4.78 is 5.57. The second-order valence-corrected chi connectivity index (χ2v) is 5.45. The number of benzene rings is 1. The maximum atomic E-state index is 12.0. The normalized spacial score (nSPS) is 20.2. The van der Waals surface area contributed by atoms with Crippen LogP contribution >= 0.6 is 0 Å². The summed E-state index contributed by atoms with van der Waals surface area (Å²) in [5.41, 5.74) is 6.81. The summed E-state index contributed by atoms with van der Waals surface area (Å²) in [5, 5.41) is 0. The fourth-order valence-corrected chi connectivity index (χ4v) is 2.58. The molecule has 4 nitrogen and oxygen atoms in total. The van der Waals surface area contributed by atoms with Crippen molar-refractivity contribution < 1.29 is 9.53 Å². The lowest BCUT2D eigenvalue weighted by Gasteiger charge is -2.25. The molecular formula is C16H24N2O2. The number of nitrogens with two attached hydrogens (primary N) is 1. The van der Waals surface area contributed by atoms with Gasteiger partial charge in [-0.15, -0.1) is 0 Å². The molecule has 1 aromatic carbocycles. The van der Waals surface area contributed by atoms with Crippen LogP contribution in [0.5, 0.6) is 5.75 Å². The van der Waals surface area contributed by atoms with E-state index in [9.17, 15) is 4.79 Å². The van der Waals surface area contributed by atoms with Crippen LogP contribution in [-0.2, 0) is 4.79 Å². The minimum Gasteiger partial charge on any atom is -0.494 e. The maximum Gasteiger partial charge on any atom is 0.223 e. The van der Waals surface area contributed by atoms with E-state index in [1.807, 2.05) is 29.2 Å². The minimum absolute atomic E-state index is 0.0966. The van der Waals surface area contributed by atoms with Crippen LogP contribution in [-0.4, -0.2) is 30.5 Å². The molecule has 0 saturated carbocycles. The Bertz CT molecular complexity index is 444. The van der Waals surface area contributed by atoms with Crippen LogP contribution in [0.25, 0.3) is 0 Å². The van der Waals surface area contributed by atoms with Crippen LogP contribution in [0.2, 0.25) is 0 Å². The number of nitrogens with zero attached hydrogens (tertiary/aromatic N) is 1. The van der Waals surface area contributed by atoms with Gasteiger partial charge in [0.2, 0.25) is 5.91 Å². The van der Waals surface area contributed by atoms with E-state index >= 15 is 0 Å². The van der Waals surface area contributed by atoms with E-state index in [-0.39, 0.29) is 11.9 Å². The molecule has 1 aliphatic rings. The van der Waals surface area contributed by atoms with Crippen molar-refractivity contribution in [3.8, 4) is 5.75 Å². The van der Waals surface area contributed by atoms with Crippen molar-refractivity contribution in [2.24, 2.45) is 11.7 Å². The predicted molar refractivity (Wildman–Crippen MR) is 79.5 cm³/mol. The molecule has 2 atom stereocenters. The molecule has 110 valence electrons. The SMILES string of the molecule is CCCOc1ccc(C(C)N2CC(CN)CC2=O)cc1. The topological polar surface area (TPSA) is 55.6 Å². The van der Waals surface area contributed by atoms with Crippen LogP contribution in [0, 0.1) is 5.92 Å². The molecule has 1 amide bonds. The van der Waals surface area contributed by atoms with E-state index in [1.165, 1.54) is 0 Å². The second kappa shape index (κ2) is 6.75. The van der Waals surface area contributed by atoms with Gasteiger partial charge < -0.3 is 15.4 Å². The van der Waals surface area contributed by atoms with Gasteiger partial charge in [-0.3, -0.25) is 4.79 Å². The van der Waals surface area contributed by atoms with E-state index in [0.29, 0.717) is 18.9 Å². The standard InChI is InChI=1S/C16H24N2O2/c1-3-8-20-15-6-4-14(5-7-15)12(2)18-11-13(10-17)9-16(18)19/h4-7,12-13H,3,8-11,17H2,1-2H3. The lowest BCUT2D eigenvalue weighted by Crippen LogP contribution is -2.29. The molecule has 0 bridgehead atoms. The van der Waals surface area contributed by atoms with Crippen molar-refractivity contribution in [2.45, 2.75) is 32.7 Å². The lowest BCUT2D eigenvalue weighted by atomic mass is 10.1. The van der Waals surface area contributed by atoms with Crippen LogP contribution in [0.3, 0.4) is 0 Å². The Morgan fingerprint density at radius 2 is 2.10 bits per heavy atom. The highest BCUT2D eigenvalue weighted by molar-refractivity contribution is 5.79. The first-order valence-corrected chi connectivity index (χ1v) is 7.38. The third kappa shape index (κ3) is 3.31. The highest BCUT2D eigenvalue weighted by Crippen LogP contribution is 2.28. The first-order valence-electron chi connectivity index (χ1n) is 7.38. The molecule has 1 aromatic rings. The van der Waals surface area contributed by atoms with Crippen molar-refractivity contribution >= 4 is 5.91 Å². The molecular weight excluding hydrogens is 252 g/mol. The average molecular weight is 276 g/mol. The highest BCUT2D eigenvalue weighted by Gasteiger charge is 2.32. The summed E-state index contributed by atoms with van der Waals surface area (Å²) in [7, 11) is 0. The summed E-state index contributed by atoms with van der Waals surface area (Å²) in [6.45, 7) is 6.24. The van der Waals surface area contributed by atoms with Crippen molar-refractivity contribution in [1.29, 1.82) is 0 Å². The number of carbonyl (C=O) groups is 1. The van der Waals surface area contributed by atoms with Crippen molar-refractivity contribution in [1.82, 2.24) is 4.90 Å². The van der Waals surface area contributed by atoms with Gasteiger partial charge in [-0.05, 0) is 43.5 Å². The second-order valence-electron chi connectivity index (χ2n) is 5.45. The fourth-order valence-electron chi connectivity index (χ4n) is 2.58. The highest BCUT2D eigenvalue weighted by atomic mass is 16.5. The monoisotopic (exact) mass is 276 g/mol. The molecule has 0 radical (unpaired) electrons. The third-order valence-electron chi connectivity index (χ3n) is 3.87. The van der Waals surface area contributed by atoms with Crippen molar-refractivity contribution in [3.63, 3.8) is 0 Å². The molecule has 1 aliphatic heterocycles. The van der Waals surface area contributed by atoms with Crippen molar-refractivity contribution in [2.75, 3.05) is 19.7 Å². The van der Waals surface area contributed by atoms with Gasteiger partial charge >= 0.3 is 0 Å². The van der Waals surface area contributed by atoms with Gasteiger partial charge in [-0.25, -0.2) is 0 Å². The summed E-state index contributed by atoms with van der Waals surface area (Å²) in [6, 6.07) is 8.13. The minimum atomic E-state index is 0.0966. The first-order chi connectivity index (χ1) is 9.65. The van der Waals surface area contributed by atoms with Gasteiger partial charge in [0.25, 0.3) is 0 Å². The number of amides is 1. The van der Waals surface area contributed by atoms with Gasteiger partial charge in [-0.2, -0.15) is 0 Å². The Morgan fingerprint density at radius 3 is 2.65 bits per heavy atom. The summed E-state index contributed by atoms with van der Waals surface area (Å²) in [6.07, 6.45) is 1.58. The molecule has 0 spiro atoms. The molecule has 2 unspecified atom stereocenters. The molecule has 20 heavy (non-hydrogen) atoms. The average Bonchev–Trinajstić information content (AvgIpc) is 2.86. The number of ether oxygens (including phenoxy) is 1. The van der Waals surface area contributed by atoms with Gasteiger partial charge in [0.1, 0.15) is 5.75 Å². The van der Waals surface area contributed by atoms with Crippen LogP contribution < -0.4 is 10.5 Å². The van der Waals surface area contributed by atoms with Crippen LogP contribution in [0.1, 0.15) is 38.3 Å². The lowest BCUT2D eigenvalue weighted by molar-refractivity contribution is -0.129. The number of carbonyl (C=O) groups excluding carboxylic acids is 1. The number of rotatable bonds is 6. The molecule has 1 heterocycles. The van der Waals surface area contributed by atoms with E-state index in [1.54, 1.807) is 0 Å². The van der Waals surface area contributed by atoms with E-state index in [0.717, 1.165) is 30.9 Å². The zero-order valence-corrected chi connectivity index (χ0v) is 12.3. The molecule has 1 saturated heterocycles. The zero-order chi connectivity index (χ0) is 14.5. The maximum absolute atomic E-state index is 12.0. The van der Waals surface area contributed by atoms with Crippen molar-refractivity contribution in [3.05, 3.63) is 29.8 Å². The molecule has 2 N–H and O–H groups in total. The quantitative estimate of drug-likeness (QED) is 0.867. The molecule has 0 aromatic heterocycles. The largest absolute Gasteiger partial charge is 0.494 e. The zero-order valence-electron chi connectivity index (χ0n) is 12.3. The molecule has 4 heteroatoms. The van der Waals surface area contributed by atoms with Gasteiger partial charge in [0.15, 0.2) is 0 Å². The van der Waals surface area contributed by atoms with Gasteiger partial charge in [0.05, 0.1) is 12.6 Å². The van der Waals surface area contributed by atoms with Gasteiger partial charge in [-0.1, -0.05) is 19.1 Å². The fraction of sp³-hybridized carbons (Fsp3) is 0.562. The smallest absolute Gasteiger partial charge is 0.223 e. The molecule has 0 aliphatic carbocycles. The number of hydrogen-bond acceptors (Lipinski definition) is 3. The Kier molecular flexibility index (Phi) is 5.01. The Morgan fingerprint density at radius 1 is 1.40 bits per heavy atom. The Balaban J connectivity index is 2.02. The third-order valence-corrected chi connectivity index (χ3v) is 3.87. The molecule has 1 fully saturated rings. The predicted octanol–water partition coefficient (Wildman–Crippen LogP) is 2.34. The first kappa shape index (κ1) is 14.9. The Hall–Kier alpha value is -1.55. The Labute approximate surface area is 120 Å². The number of likely N-dealkylation sites (tertiary alicyclic amines) is 1. The summed E-state index contributed by atoms with van der Waals surface area (Å²) in [4.78, 5) is 13.9. The van der Waals surface area contributed by atoms with Crippen LogP contribution in [0.4, 0.5) is 0 Å².